The van der Waals surface area contributed by atoms with Crippen molar-refractivity contribution in [1.29, 1.82) is 0 Å². The minimum absolute atomic E-state index is 0.908. The predicted molar refractivity (Wildman–Crippen MR) is 224 cm³/mol. The number of benzene rings is 9. The van der Waals surface area contributed by atoms with Crippen LogP contribution in [-0.4, -0.2) is 0 Å². The number of hydrogen-bond acceptors (Lipinski definition) is 3. The molecule has 0 bridgehead atoms. The highest BCUT2D eigenvalue weighted by atomic mass is 16.3. The van der Waals surface area contributed by atoms with Gasteiger partial charge in [0.25, 0.3) is 0 Å². The summed E-state index contributed by atoms with van der Waals surface area (Å²) >= 11 is 0. The first-order valence-corrected chi connectivity index (χ1v) is 18.0. The first kappa shape index (κ1) is 30.7. The average molecular weight is 679 g/mol. The molecule has 0 N–H and O–H groups in total. The van der Waals surface area contributed by atoms with Crippen molar-refractivity contribution in [3.05, 3.63) is 206 Å². The van der Waals surface area contributed by atoms with Gasteiger partial charge in [-0.1, -0.05) is 121 Å². The zero-order chi connectivity index (χ0) is 35.1. The summed E-state index contributed by atoms with van der Waals surface area (Å²) < 4.78 is 6.22. The zero-order valence-electron chi connectivity index (χ0n) is 28.9. The maximum atomic E-state index is 6.22. The maximum Gasteiger partial charge on any atom is 0.136 e. The van der Waals surface area contributed by atoms with Gasteiger partial charge in [-0.25, -0.2) is 0 Å². The van der Waals surface area contributed by atoms with Gasteiger partial charge in [0.1, 0.15) is 11.2 Å². The standard InChI is InChI=1S/C50H34N2O/c1-4-13-35(14-5-1)36-23-24-38-32-44(27-25-37(38)31-36)51(40-15-6-2-7-16-40)42-19-12-20-43(34-42)52(41-17-8-3-9-18-41)45-28-29-46-39(33-45)26-30-49-50(46)47-21-10-11-22-48(47)53-49/h1-34H. The average Bonchev–Trinajstić information content (AvgIpc) is 3.61. The third-order valence-corrected chi connectivity index (χ3v) is 10.2. The Labute approximate surface area is 308 Å². The highest BCUT2D eigenvalue weighted by Gasteiger charge is 2.19. The Kier molecular flexibility index (Phi) is 7.47. The molecule has 0 aliphatic heterocycles. The molecule has 0 unspecified atom stereocenters. The fraction of sp³-hybridized carbons (Fsp3) is 0. The van der Waals surface area contributed by atoms with Crippen molar-refractivity contribution in [2.45, 2.75) is 0 Å². The maximum absolute atomic E-state index is 6.22. The molecule has 10 aromatic rings. The van der Waals surface area contributed by atoms with Gasteiger partial charge in [0, 0.05) is 44.9 Å². The zero-order valence-corrected chi connectivity index (χ0v) is 28.9. The molecular formula is C50H34N2O. The monoisotopic (exact) mass is 678 g/mol. The van der Waals surface area contributed by atoms with Crippen LogP contribution >= 0.6 is 0 Å². The summed E-state index contributed by atoms with van der Waals surface area (Å²) in [5, 5.41) is 7.05. The molecule has 53 heavy (non-hydrogen) atoms. The Morgan fingerprint density at radius 3 is 1.53 bits per heavy atom. The highest BCUT2D eigenvalue weighted by Crippen LogP contribution is 2.43. The molecule has 9 aromatic carbocycles. The topological polar surface area (TPSA) is 19.6 Å². The van der Waals surface area contributed by atoms with Crippen LogP contribution in [0.15, 0.2) is 211 Å². The molecule has 0 saturated carbocycles. The summed E-state index contributed by atoms with van der Waals surface area (Å²) in [6.45, 7) is 0. The van der Waals surface area contributed by atoms with Crippen LogP contribution < -0.4 is 9.80 Å². The molecule has 0 aliphatic carbocycles. The SMILES string of the molecule is c1ccc(-c2ccc3cc(N(c4ccccc4)c4cccc(N(c5ccccc5)c5ccc6c(ccc7oc8ccccc8c76)c5)c4)ccc3c2)cc1. The number of anilines is 6. The van der Waals surface area contributed by atoms with Gasteiger partial charge < -0.3 is 14.2 Å². The summed E-state index contributed by atoms with van der Waals surface area (Å²) in [7, 11) is 0. The molecule has 0 amide bonds. The molecule has 1 heterocycles. The van der Waals surface area contributed by atoms with E-state index in [1.54, 1.807) is 0 Å². The fourth-order valence-electron chi connectivity index (χ4n) is 7.68. The third-order valence-electron chi connectivity index (χ3n) is 10.2. The lowest BCUT2D eigenvalue weighted by Gasteiger charge is -2.29. The number of nitrogens with zero attached hydrogens (tertiary/aromatic N) is 2. The van der Waals surface area contributed by atoms with Crippen molar-refractivity contribution < 1.29 is 4.42 Å². The van der Waals surface area contributed by atoms with Crippen molar-refractivity contribution in [2.24, 2.45) is 0 Å². The lowest BCUT2D eigenvalue weighted by Crippen LogP contribution is -2.13. The van der Waals surface area contributed by atoms with Crippen LogP contribution in [0.2, 0.25) is 0 Å². The quantitative estimate of drug-likeness (QED) is 0.167. The lowest BCUT2D eigenvalue weighted by atomic mass is 10.0. The highest BCUT2D eigenvalue weighted by molar-refractivity contribution is 6.19. The molecule has 0 fully saturated rings. The molecular weight excluding hydrogens is 645 g/mol. The number of rotatable bonds is 7. The van der Waals surface area contributed by atoms with E-state index in [1.807, 2.05) is 12.1 Å². The van der Waals surface area contributed by atoms with Gasteiger partial charge in [0.2, 0.25) is 0 Å². The fourth-order valence-corrected chi connectivity index (χ4v) is 7.68. The van der Waals surface area contributed by atoms with Gasteiger partial charge in [0.05, 0.1) is 0 Å². The van der Waals surface area contributed by atoms with Crippen molar-refractivity contribution in [3.8, 4) is 11.1 Å². The Balaban J connectivity index is 1.10. The second-order valence-corrected chi connectivity index (χ2v) is 13.4. The van der Waals surface area contributed by atoms with Crippen LogP contribution in [0.1, 0.15) is 0 Å². The Bertz CT molecular complexity index is 2900. The van der Waals surface area contributed by atoms with Crippen LogP contribution in [0.4, 0.5) is 34.1 Å². The van der Waals surface area contributed by atoms with Crippen LogP contribution in [0.3, 0.4) is 0 Å². The Morgan fingerprint density at radius 1 is 0.283 bits per heavy atom. The Morgan fingerprint density at radius 2 is 0.811 bits per heavy atom. The van der Waals surface area contributed by atoms with E-state index in [-0.39, 0.29) is 0 Å². The van der Waals surface area contributed by atoms with E-state index in [0.717, 1.165) is 61.4 Å². The molecule has 1 aromatic heterocycles. The van der Waals surface area contributed by atoms with E-state index in [4.69, 9.17) is 4.42 Å². The first-order chi connectivity index (χ1) is 26.3. The second kappa shape index (κ2) is 12.9. The number of furan rings is 1. The van der Waals surface area contributed by atoms with Gasteiger partial charge in [0.15, 0.2) is 0 Å². The molecule has 0 aliphatic rings. The summed E-state index contributed by atoms with van der Waals surface area (Å²) in [5.41, 5.74) is 10.8. The van der Waals surface area contributed by atoms with Gasteiger partial charge in [-0.15, -0.1) is 0 Å². The van der Waals surface area contributed by atoms with Crippen LogP contribution in [-0.2, 0) is 0 Å². The van der Waals surface area contributed by atoms with E-state index >= 15 is 0 Å². The van der Waals surface area contributed by atoms with E-state index in [0.29, 0.717) is 0 Å². The van der Waals surface area contributed by atoms with Crippen LogP contribution in [0.5, 0.6) is 0 Å². The second-order valence-electron chi connectivity index (χ2n) is 13.4. The normalized spacial score (nSPS) is 11.4. The van der Waals surface area contributed by atoms with Crippen LogP contribution in [0.25, 0.3) is 54.6 Å². The van der Waals surface area contributed by atoms with Gasteiger partial charge in [-0.3, -0.25) is 0 Å². The van der Waals surface area contributed by atoms with Gasteiger partial charge in [-0.2, -0.15) is 0 Å². The lowest BCUT2D eigenvalue weighted by molar-refractivity contribution is 0.669. The van der Waals surface area contributed by atoms with E-state index in [9.17, 15) is 0 Å². The largest absolute Gasteiger partial charge is 0.456 e. The molecule has 0 saturated heterocycles. The van der Waals surface area contributed by atoms with E-state index < -0.39 is 0 Å². The minimum atomic E-state index is 0.908. The van der Waals surface area contributed by atoms with Crippen molar-refractivity contribution >= 4 is 77.6 Å². The third kappa shape index (κ3) is 5.56. The minimum Gasteiger partial charge on any atom is -0.456 e. The number of para-hydroxylation sites is 3. The van der Waals surface area contributed by atoms with Crippen molar-refractivity contribution in [2.75, 3.05) is 9.80 Å². The molecule has 0 spiro atoms. The summed E-state index contributed by atoms with van der Waals surface area (Å²) in [6, 6.07) is 73.5. The molecule has 3 heteroatoms. The van der Waals surface area contributed by atoms with Gasteiger partial charge >= 0.3 is 0 Å². The summed E-state index contributed by atoms with van der Waals surface area (Å²) in [4.78, 5) is 4.69. The van der Waals surface area contributed by atoms with Crippen molar-refractivity contribution in [3.63, 3.8) is 0 Å². The van der Waals surface area contributed by atoms with E-state index in [2.05, 4.69) is 204 Å². The Hall–Kier alpha value is -7.10. The molecule has 10 rings (SSSR count). The first-order valence-electron chi connectivity index (χ1n) is 18.0. The van der Waals surface area contributed by atoms with Crippen LogP contribution in [0, 0.1) is 0 Å². The molecule has 3 nitrogen and oxygen atoms in total. The smallest absolute Gasteiger partial charge is 0.136 e. The summed E-state index contributed by atoms with van der Waals surface area (Å²) in [5.74, 6) is 0. The van der Waals surface area contributed by atoms with Crippen molar-refractivity contribution in [1.82, 2.24) is 0 Å². The van der Waals surface area contributed by atoms with Gasteiger partial charge in [-0.05, 0) is 118 Å². The molecule has 0 atom stereocenters. The predicted octanol–water partition coefficient (Wildman–Crippen LogP) is 14.5. The number of hydrogen-bond donors (Lipinski definition) is 0. The summed E-state index contributed by atoms with van der Waals surface area (Å²) in [6.07, 6.45) is 0. The molecule has 250 valence electrons. The number of fused-ring (bicyclic) bond motifs is 6. The van der Waals surface area contributed by atoms with E-state index in [1.165, 1.54) is 27.3 Å². The molecule has 0 radical (unpaired) electrons.